The number of amides is 1. The largest absolute Gasteiger partial charge is 0.743 e. The lowest BCUT2D eigenvalue weighted by atomic mass is 10.1. The molecule has 204 valence electrons. The van der Waals surface area contributed by atoms with Gasteiger partial charge < -0.3 is 18.9 Å². The van der Waals surface area contributed by atoms with Crippen LogP contribution in [0.5, 0.6) is 0 Å². The van der Waals surface area contributed by atoms with Crippen molar-refractivity contribution in [3.05, 3.63) is 12.2 Å². The summed E-state index contributed by atoms with van der Waals surface area (Å²) in [5, 5.41) is -6.34. The first-order valence-electron chi connectivity index (χ1n) is 9.22. The molecule has 1 atom stereocenters. The van der Waals surface area contributed by atoms with E-state index >= 15 is 0 Å². The van der Waals surface area contributed by atoms with Crippen LogP contribution in [-0.2, 0) is 29.2 Å². The molecule has 1 heterocycles. The summed E-state index contributed by atoms with van der Waals surface area (Å²) in [6.07, 6.45) is -14.0. The van der Waals surface area contributed by atoms with Gasteiger partial charge in [0.25, 0.3) is 0 Å². The quantitative estimate of drug-likeness (QED) is 0.141. The van der Waals surface area contributed by atoms with E-state index in [0.717, 1.165) is 0 Å². The number of esters is 1. The van der Waals surface area contributed by atoms with Gasteiger partial charge in [-0.05, 0) is 19.3 Å². The van der Waals surface area contributed by atoms with Gasteiger partial charge in [-0.1, -0.05) is 6.58 Å². The maximum Gasteiger partial charge on any atom is 0.466 e. The highest BCUT2D eigenvalue weighted by Crippen LogP contribution is 2.43. The predicted octanol–water partition coefficient (Wildman–Crippen LogP) is 3.10. The molecular formula is C16H16F10NO7S-. The summed E-state index contributed by atoms with van der Waals surface area (Å²) in [6, 6.07) is 0. The number of piperidine rings is 1. The van der Waals surface area contributed by atoms with E-state index in [9.17, 15) is 66.5 Å². The fraction of sp³-hybridized carbons (Fsp3) is 0.750. The Bertz CT molecular complexity index is 926. The van der Waals surface area contributed by atoms with Gasteiger partial charge in [-0.3, -0.25) is 4.79 Å². The summed E-state index contributed by atoms with van der Waals surface area (Å²) >= 11 is 0. The molecule has 1 amide bonds. The van der Waals surface area contributed by atoms with Gasteiger partial charge >= 0.3 is 41.2 Å². The summed E-state index contributed by atoms with van der Waals surface area (Å²) in [7, 11) is -7.04. The van der Waals surface area contributed by atoms with Crippen molar-refractivity contribution in [1.29, 1.82) is 0 Å². The second kappa shape index (κ2) is 10.1. The lowest BCUT2D eigenvalue weighted by molar-refractivity contribution is -0.353. The van der Waals surface area contributed by atoms with Crippen LogP contribution in [0.1, 0.15) is 25.7 Å². The normalized spacial score (nSPS) is 18.1. The lowest BCUT2D eigenvalue weighted by Crippen LogP contribution is -2.63. The van der Waals surface area contributed by atoms with Crippen molar-refractivity contribution in [3.8, 4) is 0 Å². The zero-order chi connectivity index (χ0) is 27.7. The molecular weight excluding hydrogens is 540 g/mol. The molecule has 0 aromatic carbocycles. The number of likely N-dealkylation sites (tertiary alicyclic amines) is 1. The molecule has 1 aliphatic heterocycles. The molecule has 0 N–H and O–H groups in total. The Morgan fingerprint density at radius 1 is 0.914 bits per heavy atom. The smallest absolute Gasteiger partial charge is 0.466 e. The third-order valence-corrected chi connectivity index (χ3v) is 5.51. The molecule has 19 heteroatoms. The number of carbonyl (C=O) groups excluding carboxylic acids is 2. The van der Waals surface area contributed by atoms with Gasteiger partial charge in [0.15, 0.2) is 10.1 Å². The number of rotatable bonds is 9. The molecule has 0 saturated carbocycles. The van der Waals surface area contributed by atoms with E-state index in [1.165, 1.54) is 0 Å². The van der Waals surface area contributed by atoms with Gasteiger partial charge in [0.2, 0.25) is 0 Å². The fourth-order valence-electron chi connectivity index (χ4n) is 2.66. The van der Waals surface area contributed by atoms with Crippen LogP contribution in [0.4, 0.5) is 43.9 Å². The van der Waals surface area contributed by atoms with Crippen molar-refractivity contribution in [3.63, 3.8) is 0 Å². The molecule has 0 aliphatic carbocycles. The molecule has 0 spiro atoms. The first-order chi connectivity index (χ1) is 15.5. The topological polar surface area (TPSA) is 113 Å². The minimum absolute atomic E-state index is 0.0779. The standard InChI is InChI=1S/C16H17F10NO7S/c1-9(14(19,20)21)10(28)34-13(15(22,23)24,11(29)27-6-3-2-4-7-27)33-8-5-12(17,18)16(25,26)35(30,31)32/h1-8H2,(H,30,31,32)/p-1. The van der Waals surface area contributed by atoms with Crippen LogP contribution < -0.4 is 0 Å². The van der Waals surface area contributed by atoms with Crippen LogP contribution in [0.15, 0.2) is 12.2 Å². The van der Waals surface area contributed by atoms with Gasteiger partial charge in [-0.15, -0.1) is 0 Å². The number of nitrogens with zero attached hydrogens (tertiary/aromatic N) is 1. The Kier molecular flexibility index (Phi) is 8.89. The lowest BCUT2D eigenvalue weighted by Gasteiger charge is -2.38. The predicted molar refractivity (Wildman–Crippen MR) is 90.7 cm³/mol. The molecule has 1 saturated heterocycles. The van der Waals surface area contributed by atoms with E-state index in [1.54, 1.807) is 0 Å². The highest BCUT2D eigenvalue weighted by molar-refractivity contribution is 7.86. The summed E-state index contributed by atoms with van der Waals surface area (Å²) < 4.78 is 172. The molecule has 1 aliphatic rings. The highest BCUT2D eigenvalue weighted by Gasteiger charge is 2.69. The Hall–Kier alpha value is -2.15. The third-order valence-electron chi connectivity index (χ3n) is 4.58. The van der Waals surface area contributed by atoms with Crippen LogP contribution in [0.25, 0.3) is 0 Å². The molecule has 0 bridgehead atoms. The minimum Gasteiger partial charge on any atom is -0.743 e. The van der Waals surface area contributed by atoms with E-state index in [1.807, 2.05) is 0 Å². The van der Waals surface area contributed by atoms with Gasteiger partial charge in [0.05, 0.1) is 6.61 Å². The number of alkyl halides is 10. The van der Waals surface area contributed by atoms with E-state index in [2.05, 4.69) is 16.1 Å². The van der Waals surface area contributed by atoms with Crippen molar-refractivity contribution in [1.82, 2.24) is 4.90 Å². The number of ether oxygens (including phenoxy) is 2. The average Bonchev–Trinajstić information content (AvgIpc) is 2.69. The molecule has 0 aromatic rings. The molecule has 0 aromatic heterocycles. The Balaban J connectivity index is 3.42. The van der Waals surface area contributed by atoms with Gasteiger partial charge in [0.1, 0.15) is 5.57 Å². The van der Waals surface area contributed by atoms with Crippen LogP contribution >= 0.6 is 0 Å². The molecule has 1 rings (SSSR count). The fourth-order valence-corrected chi connectivity index (χ4v) is 3.13. The second-order valence-corrected chi connectivity index (χ2v) is 8.53. The maximum atomic E-state index is 13.9. The van der Waals surface area contributed by atoms with Crippen molar-refractivity contribution >= 4 is 22.0 Å². The molecule has 8 nitrogen and oxygen atoms in total. The number of halogens is 10. The summed E-state index contributed by atoms with van der Waals surface area (Å²) in [6.45, 7) is -1.07. The van der Waals surface area contributed by atoms with Crippen LogP contribution in [0, 0.1) is 0 Å². The van der Waals surface area contributed by atoms with E-state index < -0.39 is 83.0 Å². The van der Waals surface area contributed by atoms with Crippen LogP contribution in [0.2, 0.25) is 0 Å². The first kappa shape index (κ1) is 30.9. The molecule has 35 heavy (non-hydrogen) atoms. The minimum atomic E-state index is -7.04. The Morgan fingerprint density at radius 3 is 1.80 bits per heavy atom. The molecule has 1 fully saturated rings. The first-order valence-corrected chi connectivity index (χ1v) is 10.6. The second-order valence-electron chi connectivity index (χ2n) is 7.11. The molecule has 1 unspecified atom stereocenters. The zero-order valence-electron chi connectivity index (χ0n) is 17.1. The number of hydrogen-bond donors (Lipinski definition) is 0. The van der Waals surface area contributed by atoms with Gasteiger partial charge in [0, 0.05) is 19.5 Å². The summed E-state index contributed by atoms with van der Waals surface area (Å²) in [5.41, 5.74) is -2.56. The maximum absolute atomic E-state index is 13.9. The van der Waals surface area contributed by atoms with E-state index in [-0.39, 0.29) is 12.8 Å². The highest BCUT2D eigenvalue weighted by atomic mass is 32.2. The van der Waals surface area contributed by atoms with Gasteiger partial charge in [-0.25, -0.2) is 13.2 Å². The monoisotopic (exact) mass is 556 g/mol. The van der Waals surface area contributed by atoms with Crippen molar-refractivity contribution in [2.45, 2.75) is 55.0 Å². The Labute approximate surface area is 190 Å². The van der Waals surface area contributed by atoms with Crippen molar-refractivity contribution < 1.29 is 75.9 Å². The van der Waals surface area contributed by atoms with Crippen molar-refractivity contribution in [2.24, 2.45) is 0 Å². The van der Waals surface area contributed by atoms with Crippen LogP contribution in [-0.4, -0.2) is 78.8 Å². The molecule has 0 radical (unpaired) electrons. The SMILES string of the molecule is C=C(C(=O)OC(OCCC(F)(F)C(F)(F)S(=O)(=O)[O-])(C(=O)N1CCCCC1)C(F)(F)F)C(F)(F)F. The number of carbonyl (C=O) groups is 2. The average molecular weight is 556 g/mol. The number of hydrogen-bond acceptors (Lipinski definition) is 7. The Morgan fingerprint density at radius 2 is 1.40 bits per heavy atom. The summed E-state index contributed by atoms with van der Waals surface area (Å²) in [5.74, 6) is -16.2. The van der Waals surface area contributed by atoms with Crippen LogP contribution in [0.3, 0.4) is 0 Å². The van der Waals surface area contributed by atoms with E-state index in [0.29, 0.717) is 11.3 Å². The summed E-state index contributed by atoms with van der Waals surface area (Å²) in [4.78, 5) is 24.6. The van der Waals surface area contributed by atoms with Gasteiger partial charge in [-0.2, -0.15) is 43.9 Å². The van der Waals surface area contributed by atoms with E-state index in [4.69, 9.17) is 0 Å². The van der Waals surface area contributed by atoms with Crippen molar-refractivity contribution in [2.75, 3.05) is 19.7 Å². The zero-order valence-corrected chi connectivity index (χ0v) is 18.0. The third kappa shape index (κ3) is 6.54.